The van der Waals surface area contributed by atoms with Crippen molar-refractivity contribution in [1.82, 2.24) is 9.78 Å². The summed E-state index contributed by atoms with van der Waals surface area (Å²) in [4.78, 5) is 0. The summed E-state index contributed by atoms with van der Waals surface area (Å²) in [5.41, 5.74) is 1.55. The van der Waals surface area contributed by atoms with Crippen molar-refractivity contribution >= 4 is 0 Å². The summed E-state index contributed by atoms with van der Waals surface area (Å²) in [6.45, 7) is 9.05. The second-order valence-corrected chi connectivity index (χ2v) is 6.69. The summed E-state index contributed by atoms with van der Waals surface area (Å²) in [7, 11) is 0. The van der Waals surface area contributed by atoms with Crippen molar-refractivity contribution in [2.45, 2.75) is 65.5 Å². The van der Waals surface area contributed by atoms with Crippen LogP contribution in [0.1, 0.15) is 58.6 Å². The molecule has 2 rings (SSSR count). The Kier molecular flexibility index (Phi) is 3.81. The zero-order valence-corrected chi connectivity index (χ0v) is 12.1. The van der Waals surface area contributed by atoms with Gasteiger partial charge in [-0.05, 0) is 42.6 Å². The molecule has 0 aromatic carbocycles. The number of nitrogens with zero attached hydrogens (tertiary/aromatic N) is 2. The van der Waals surface area contributed by atoms with E-state index in [4.69, 9.17) is 0 Å². The maximum atomic E-state index is 9.95. The molecule has 18 heavy (non-hydrogen) atoms. The largest absolute Gasteiger partial charge is 0.393 e. The van der Waals surface area contributed by atoms with Crippen LogP contribution in [0, 0.1) is 11.3 Å². The van der Waals surface area contributed by atoms with Gasteiger partial charge >= 0.3 is 0 Å². The third-order valence-corrected chi connectivity index (χ3v) is 4.30. The van der Waals surface area contributed by atoms with Crippen LogP contribution in [0.5, 0.6) is 0 Å². The van der Waals surface area contributed by atoms with Crippen LogP contribution < -0.4 is 0 Å². The molecule has 0 radical (unpaired) electrons. The molecule has 1 saturated carbocycles. The SMILES string of the molecule is CCc1cnn(C2CC(O)CCC2C(C)(C)C)c1. The first-order valence-electron chi connectivity index (χ1n) is 7.13. The third-order valence-electron chi connectivity index (χ3n) is 4.30. The normalized spacial score (nSPS) is 29.5. The topological polar surface area (TPSA) is 38.0 Å². The molecule has 1 aromatic heterocycles. The second-order valence-electron chi connectivity index (χ2n) is 6.69. The van der Waals surface area contributed by atoms with E-state index in [0.29, 0.717) is 12.0 Å². The van der Waals surface area contributed by atoms with E-state index in [9.17, 15) is 5.11 Å². The molecule has 0 saturated heterocycles. The van der Waals surface area contributed by atoms with Gasteiger partial charge in [0.25, 0.3) is 0 Å². The van der Waals surface area contributed by atoms with Crippen molar-refractivity contribution in [3.63, 3.8) is 0 Å². The maximum Gasteiger partial charge on any atom is 0.0577 e. The van der Waals surface area contributed by atoms with Crippen molar-refractivity contribution in [3.05, 3.63) is 18.0 Å². The molecule has 3 heteroatoms. The molecule has 0 bridgehead atoms. The van der Waals surface area contributed by atoms with E-state index in [0.717, 1.165) is 25.7 Å². The molecular weight excluding hydrogens is 224 g/mol. The Morgan fingerprint density at radius 2 is 2.11 bits per heavy atom. The van der Waals surface area contributed by atoms with Crippen LogP contribution >= 0.6 is 0 Å². The Morgan fingerprint density at radius 1 is 1.39 bits per heavy atom. The number of aryl methyl sites for hydroxylation is 1. The Morgan fingerprint density at radius 3 is 2.67 bits per heavy atom. The highest BCUT2D eigenvalue weighted by atomic mass is 16.3. The van der Waals surface area contributed by atoms with Crippen LogP contribution in [0.25, 0.3) is 0 Å². The molecule has 1 fully saturated rings. The van der Waals surface area contributed by atoms with Crippen LogP contribution in [-0.4, -0.2) is 21.0 Å². The van der Waals surface area contributed by atoms with Crippen LogP contribution in [0.3, 0.4) is 0 Å². The van der Waals surface area contributed by atoms with E-state index in [1.54, 1.807) is 0 Å². The number of aliphatic hydroxyl groups excluding tert-OH is 1. The standard InChI is InChI=1S/C15H26N2O/c1-5-11-9-16-17(10-11)14-8-12(18)6-7-13(14)15(2,3)4/h9-10,12-14,18H,5-8H2,1-4H3. The lowest BCUT2D eigenvalue weighted by Gasteiger charge is -2.42. The van der Waals surface area contributed by atoms with Gasteiger partial charge in [0.15, 0.2) is 0 Å². The molecule has 3 unspecified atom stereocenters. The van der Waals surface area contributed by atoms with E-state index in [-0.39, 0.29) is 11.5 Å². The minimum Gasteiger partial charge on any atom is -0.393 e. The number of hydrogen-bond acceptors (Lipinski definition) is 2. The minimum absolute atomic E-state index is 0.164. The molecule has 0 aliphatic heterocycles. The quantitative estimate of drug-likeness (QED) is 0.875. The molecule has 3 nitrogen and oxygen atoms in total. The number of aromatic nitrogens is 2. The zero-order valence-electron chi connectivity index (χ0n) is 12.1. The van der Waals surface area contributed by atoms with Crippen molar-refractivity contribution in [3.8, 4) is 0 Å². The van der Waals surface area contributed by atoms with Crippen molar-refractivity contribution < 1.29 is 5.11 Å². The van der Waals surface area contributed by atoms with Gasteiger partial charge < -0.3 is 5.11 Å². The van der Waals surface area contributed by atoms with E-state index in [1.807, 2.05) is 6.20 Å². The molecule has 1 aliphatic rings. The van der Waals surface area contributed by atoms with Gasteiger partial charge in [0.1, 0.15) is 0 Å². The van der Waals surface area contributed by atoms with Crippen molar-refractivity contribution in [2.24, 2.45) is 11.3 Å². The van der Waals surface area contributed by atoms with Gasteiger partial charge in [-0.25, -0.2) is 0 Å². The van der Waals surface area contributed by atoms with E-state index in [2.05, 4.69) is 43.7 Å². The summed E-state index contributed by atoms with van der Waals surface area (Å²) in [6, 6.07) is 0.342. The van der Waals surface area contributed by atoms with Gasteiger partial charge in [0, 0.05) is 6.20 Å². The molecule has 102 valence electrons. The lowest BCUT2D eigenvalue weighted by atomic mass is 9.69. The van der Waals surface area contributed by atoms with Gasteiger partial charge in [0.05, 0.1) is 18.3 Å². The highest BCUT2D eigenvalue weighted by Gasteiger charge is 2.38. The Bertz CT molecular complexity index is 391. The van der Waals surface area contributed by atoms with Crippen LogP contribution in [0.4, 0.5) is 0 Å². The predicted molar refractivity (Wildman–Crippen MR) is 73.4 cm³/mol. The smallest absolute Gasteiger partial charge is 0.0577 e. The molecular formula is C15H26N2O. The highest BCUT2D eigenvalue weighted by Crippen LogP contribution is 2.44. The fourth-order valence-corrected chi connectivity index (χ4v) is 3.17. The molecule has 1 heterocycles. The molecule has 1 N–H and O–H groups in total. The van der Waals surface area contributed by atoms with Gasteiger partial charge in [-0.3, -0.25) is 4.68 Å². The molecule has 0 spiro atoms. The van der Waals surface area contributed by atoms with Crippen LogP contribution in [0.2, 0.25) is 0 Å². The fraction of sp³-hybridized carbons (Fsp3) is 0.800. The summed E-state index contributed by atoms with van der Waals surface area (Å²) >= 11 is 0. The summed E-state index contributed by atoms with van der Waals surface area (Å²) in [5, 5.41) is 14.5. The second kappa shape index (κ2) is 5.04. The van der Waals surface area contributed by atoms with Crippen molar-refractivity contribution in [1.29, 1.82) is 0 Å². The summed E-state index contributed by atoms with van der Waals surface area (Å²) in [6.07, 6.45) is 7.84. The van der Waals surface area contributed by atoms with Gasteiger partial charge in [-0.1, -0.05) is 27.7 Å². The van der Waals surface area contributed by atoms with Crippen molar-refractivity contribution in [2.75, 3.05) is 0 Å². The van der Waals surface area contributed by atoms with Gasteiger partial charge in [0.2, 0.25) is 0 Å². The van der Waals surface area contributed by atoms with Gasteiger partial charge in [-0.15, -0.1) is 0 Å². The predicted octanol–water partition coefficient (Wildman–Crippen LogP) is 3.19. The summed E-state index contributed by atoms with van der Waals surface area (Å²) in [5.74, 6) is 0.588. The molecule has 0 amide bonds. The monoisotopic (exact) mass is 250 g/mol. The van der Waals surface area contributed by atoms with E-state index < -0.39 is 0 Å². The first-order valence-corrected chi connectivity index (χ1v) is 7.13. The first kappa shape index (κ1) is 13.6. The summed E-state index contributed by atoms with van der Waals surface area (Å²) < 4.78 is 2.09. The average Bonchev–Trinajstić information content (AvgIpc) is 2.75. The van der Waals surface area contributed by atoms with Gasteiger partial charge in [-0.2, -0.15) is 5.10 Å². The molecule has 1 aromatic rings. The molecule has 3 atom stereocenters. The highest BCUT2D eigenvalue weighted by molar-refractivity contribution is 5.05. The zero-order chi connectivity index (χ0) is 13.3. The number of hydrogen-bond donors (Lipinski definition) is 1. The Hall–Kier alpha value is -0.830. The Balaban J connectivity index is 2.25. The first-order chi connectivity index (χ1) is 8.41. The molecule has 1 aliphatic carbocycles. The maximum absolute atomic E-state index is 9.95. The average molecular weight is 250 g/mol. The van der Waals surface area contributed by atoms with Crippen LogP contribution in [0.15, 0.2) is 12.4 Å². The number of rotatable bonds is 2. The lowest BCUT2D eigenvalue weighted by molar-refractivity contribution is 0.0254. The number of aliphatic hydroxyl groups is 1. The third kappa shape index (κ3) is 2.77. The Labute approximate surface area is 110 Å². The lowest BCUT2D eigenvalue weighted by Crippen LogP contribution is -2.37. The fourth-order valence-electron chi connectivity index (χ4n) is 3.17. The van der Waals surface area contributed by atoms with Crippen LogP contribution in [-0.2, 0) is 6.42 Å². The van der Waals surface area contributed by atoms with E-state index >= 15 is 0 Å². The van der Waals surface area contributed by atoms with E-state index in [1.165, 1.54) is 5.56 Å². The minimum atomic E-state index is -0.164.